The number of aromatic nitrogens is 1. The fourth-order valence-electron chi connectivity index (χ4n) is 3.74. The van der Waals surface area contributed by atoms with E-state index in [4.69, 9.17) is 4.74 Å². The van der Waals surface area contributed by atoms with E-state index in [1.165, 1.54) is 48.6 Å². The van der Waals surface area contributed by atoms with E-state index in [2.05, 4.69) is 22.1 Å². The van der Waals surface area contributed by atoms with Crippen LogP contribution in [0.5, 0.6) is 5.06 Å². The summed E-state index contributed by atoms with van der Waals surface area (Å²) in [5.74, 6) is 0.680. The summed E-state index contributed by atoms with van der Waals surface area (Å²) in [5.41, 5.74) is 0. The topological polar surface area (TPSA) is 54.5 Å². The molecule has 3 aliphatic rings. The van der Waals surface area contributed by atoms with Gasteiger partial charge in [0.15, 0.2) is 9.40 Å². The Morgan fingerprint density at radius 3 is 2.84 bits per heavy atom. The first-order valence-electron chi connectivity index (χ1n) is 8.46. The van der Waals surface area contributed by atoms with Crippen molar-refractivity contribution in [1.29, 1.82) is 0 Å². The van der Waals surface area contributed by atoms with E-state index in [1.54, 1.807) is 25.1 Å². The van der Waals surface area contributed by atoms with Crippen molar-refractivity contribution in [3.63, 3.8) is 0 Å². The highest BCUT2D eigenvalue weighted by molar-refractivity contribution is 8.02. The van der Waals surface area contributed by atoms with Crippen LogP contribution < -0.4 is 10.1 Å². The molecule has 0 radical (unpaired) electrons. The smallest absolute Gasteiger partial charge is 0.261 e. The summed E-state index contributed by atoms with van der Waals surface area (Å²) in [6.45, 7) is 4.59. The minimum Gasteiger partial charge on any atom is -0.486 e. The second-order valence-electron chi connectivity index (χ2n) is 6.48. The number of carbonyl (C=O) groups is 1. The lowest BCUT2D eigenvalue weighted by atomic mass is 9.79. The van der Waals surface area contributed by atoms with Gasteiger partial charge in [0.05, 0.1) is 22.4 Å². The van der Waals surface area contributed by atoms with Gasteiger partial charge < -0.3 is 10.1 Å². The standard InChI is InChI=1S/C17H21N3O2S3/c1-10-15(11-5-7-20(10)8-6-11)19-16(21)12-3-4-14(23-12)25-17-18-9-13(22-2)24-17/h3-4,9-11,15H,5-8H2,1-2H3,(H,19,21). The number of thiazole rings is 1. The van der Waals surface area contributed by atoms with Gasteiger partial charge in [-0.3, -0.25) is 9.69 Å². The molecule has 3 fully saturated rings. The largest absolute Gasteiger partial charge is 0.486 e. The number of thiophene rings is 1. The predicted molar refractivity (Wildman–Crippen MR) is 102 cm³/mol. The molecule has 0 spiro atoms. The maximum absolute atomic E-state index is 12.7. The molecular formula is C17H21N3O2S3. The van der Waals surface area contributed by atoms with Gasteiger partial charge in [0.2, 0.25) is 0 Å². The molecule has 2 unspecified atom stereocenters. The van der Waals surface area contributed by atoms with E-state index in [0.29, 0.717) is 12.0 Å². The van der Waals surface area contributed by atoms with Gasteiger partial charge in [-0.2, -0.15) is 0 Å². The SMILES string of the molecule is COc1cnc(Sc2ccc(C(=O)NC3C4CCN(CC4)C3C)s2)s1. The van der Waals surface area contributed by atoms with Crippen LogP contribution in [-0.4, -0.2) is 48.1 Å². The molecule has 2 bridgehead atoms. The summed E-state index contributed by atoms with van der Waals surface area (Å²) in [7, 11) is 1.64. The Hall–Kier alpha value is -1.09. The highest BCUT2D eigenvalue weighted by atomic mass is 32.2. The fourth-order valence-corrected chi connectivity index (χ4v) is 6.77. The summed E-state index contributed by atoms with van der Waals surface area (Å²) in [4.78, 5) is 20.3. The first kappa shape index (κ1) is 17.3. The van der Waals surface area contributed by atoms with Crippen molar-refractivity contribution in [3.8, 4) is 5.06 Å². The number of piperidine rings is 3. The number of methoxy groups -OCH3 is 1. The van der Waals surface area contributed by atoms with Crippen molar-refractivity contribution in [2.24, 2.45) is 5.92 Å². The minimum atomic E-state index is 0.0548. The highest BCUT2D eigenvalue weighted by Gasteiger charge is 2.40. The number of ether oxygens (including phenoxy) is 1. The predicted octanol–water partition coefficient (Wildman–Crippen LogP) is 3.58. The number of hydrogen-bond acceptors (Lipinski definition) is 7. The maximum Gasteiger partial charge on any atom is 0.261 e. The zero-order valence-corrected chi connectivity index (χ0v) is 16.7. The molecule has 1 N–H and O–H groups in total. The normalized spacial score (nSPS) is 28.1. The highest BCUT2D eigenvalue weighted by Crippen LogP contribution is 2.38. The van der Waals surface area contributed by atoms with Crippen LogP contribution in [0.1, 0.15) is 29.4 Å². The molecule has 134 valence electrons. The molecule has 25 heavy (non-hydrogen) atoms. The van der Waals surface area contributed by atoms with E-state index in [1.807, 2.05) is 12.1 Å². The molecule has 3 aliphatic heterocycles. The first-order chi connectivity index (χ1) is 12.1. The fraction of sp³-hybridized carbons (Fsp3) is 0.529. The lowest BCUT2D eigenvalue weighted by Gasteiger charge is -2.49. The Morgan fingerprint density at radius 2 is 2.16 bits per heavy atom. The van der Waals surface area contributed by atoms with Crippen LogP contribution in [0.4, 0.5) is 0 Å². The van der Waals surface area contributed by atoms with Crippen LogP contribution in [-0.2, 0) is 0 Å². The summed E-state index contributed by atoms with van der Waals surface area (Å²) >= 11 is 4.62. The number of nitrogens with one attached hydrogen (secondary N) is 1. The molecule has 2 aromatic heterocycles. The Labute approximate surface area is 159 Å². The summed E-state index contributed by atoms with van der Waals surface area (Å²) in [5, 5.41) is 4.09. The van der Waals surface area contributed by atoms with E-state index >= 15 is 0 Å². The van der Waals surface area contributed by atoms with E-state index in [0.717, 1.165) is 18.5 Å². The molecule has 1 amide bonds. The van der Waals surface area contributed by atoms with Crippen molar-refractivity contribution >= 4 is 40.3 Å². The molecule has 5 heterocycles. The van der Waals surface area contributed by atoms with Crippen molar-refractivity contribution < 1.29 is 9.53 Å². The molecule has 2 atom stereocenters. The maximum atomic E-state index is 12.7. The quantitative estimate of drug-likeness (QED) is 0.839. The zero-order chi connectivity index (χ0) is 17.4. The Bertz CT molecular complexity index is 750. The van der Waals surface area contributed by atoms with Gasteiger partial charge in [0.25, 0.3) is 5.91 Å². The molecular weight excluding hydrogens is 374 g/mol. The van der Waals surface area contributed by atoms with Gasteiger partial charge in [0, 0.05) is 12.1 Å². The average Bonchev–Trinajstić information content (AvgIpc) is 3.28. The third-order valence-electron chi connectivity index (χ3n) is 5.13. The van der Waals surface area contributed by atoms with Crippen LogP contribution in [0, 0.1) is 5.92 Å². The van der Waals surface area contributed by atoms with Gasteiger partial charge in [-0.15, -0.1) is 11.3 Å². The number of rotatable bonds is 5. The number of carbonyl (C=O) groups excluding carboxylic acids is 1. The molecule has 5 rings (SSSR count). The second-order valence-corrected chi connectivity index (χ2v) is 10.1. The Balaban J connectivity index is 1.40. The average molecular weight is 396 g/mol. The minimum absolute atomic E-state index is 0.0548. The third-order valence-corrected chi connectivity index (χ3v) is 8.38. The Kier molecular flexibility index (Phi) is 5.04. The van der Waals surface area contributed by atoms with Crippen LogP contribution in [0.3, 0.4) is 0 Å². The molecule has 0 saturated carbocycles. The van der Waals surface area contributed by atoms with Crippen molar-refractivity contribution in [3.05, 3.63) is 23.2 Å². The number of nitrogens with zero attached hydrogens (tertiary/aromatic N) is 2. The second kappa shape index (κ2) is 7.26. The summed E-state index contributed by atoms with van der Waals surface area (Å²) in [6, 6.07) is 4.63. The number of hydrogen-bond donors (Lipinski definition) is 1. The van der Waals surface area contributed by atoms with Crippen LogP contribution >= 0.6 is 34.4 Å². The van der Waals surface area contributed by atoms with Crippen LogP contribution in [0.25, 0.3) is 0 Å². The first-order valence-corrected chi connectivity index (χ1v) is 10.9. The van der Waals surface area contributed by atoms with Gasteiger partial charge in [-0.05, 0) is 62.7 Å². The summed E-state index contributed by atoms with van der Waals surface area (Å²) in [6.07, 6.45) is 4.13. The van der Waals surface area contributed by atoms with E-state index in [9.17, 15) is 4.79 Å². The monoisotopic (exact) mass is 395 g/mol. The third kappa shape index (κ3) is 3.58. The van der Waals surface area contributed by atoms with Gasteiger partial charge >= 0.3 is 0 Å². The van der Waals surface area contributed by atoms with Crippen LogP contribution in [0.15, 0.2) is 26.9 Å². The Morgan fingerprint density at radius 1 is 1.36 bits per heavy atom. The summed E-state index contributed by atoms with van der Waals surface area (Å²) < 4.78 is 7.17. The van der Waals surface area contributed by atoms with Gasteiger partial charge in [-0.1, -0.05) is 11.3 Å². The van der Waals surface area contributed by atoms with Crippen LogP contribution in [0.2, 0.25) is 0 Å². The van der Waals surface area contributed by atoms with E-state index < -0.39 is 0 Å². The van der Waals surface area contributed by atoms with Gasteiger partial charge in [-0.25, -0.2) is 4.98 Å². The molecule has 5 nitrogen and oxygen atoms in total. The van der Waals surface area contributed by atoms with Crippen molar-refractivity contribution in [1.82, 2.24) is 15.2 Å². The molecule has 0 aliphatic carbocycles. The van der Waals surface area contributed by atoms with Crippen molar-refractivity contribution in [2.75, 3.05) is 20.2 Å². The zero-order valence-electron chi connectivity index (χ0n) is 14.2. The van der Waals surface area contributed by atoms with Crippen molar-refractivity contribution in [2.45, 2.75) is 40.4 Å². The molecule has 0 aromatic carbocycles. The number of fused-ring (bicyclic) bond motifs is 3. The molecule has 3 saturated heterocycles. The van der Waals surface area contributed by atoms with Gasteiger partial charge in [0.1, 0.15) is 0 Å². The lowest BCUT2D eigenvalue weighted by molar-refractivity contribution is 0.0218. The van der Waals surface area contributed by atoms with E-state index in [-0.39, 0.29) is 11.9 Å². The lowest BCUT2D eigenvalue weighted by Crippen LogP contribution is -2.62. The molecule has 2 aromatic rings. The molecule has 8 heteroatoms. The number of amides is 1.